The Hall–Kier alpha value is -3.08. The number of fused-ring (bicyclic) bond motifs is 3. The van der Waals surface area contributed by atoms with Crippen molar-refractivity contribution in [1.82, 2.24) is 9.55 Å². The van der Waals surface area contributed by atoms with Gasteiger partial charge in [-0.25, -0.2) is 4.98 Å². The molecule has 26 heavy (non-hydrogen) atoms. The van der Waals surface area contributed by atoms with E-state index < -0.39 is 0 Å². The van der Waals surface area contributed by atoms with Crippen LogP contribution in [0.2, 0.25) is 0 Å². The molecule has 0 bridgehead atoms. The molecule has 1 aliphatic carbocycles. The van der Waals surface area contributed by atoms with Gasteiger partial charge in [0.2, 0.25) is 5.95 Å². The average Bonchev–Trinajstić information content (AvgIpc) is 3.04. The predicted octanol–water partition coefficient (Wildman–Crippen LogP) is 4.07. The predicted molar refractivity (Wildman–Crippen MR) is 100 cm³/mol. The summed E-state index contributed by atoms with van der Waals surface area (Å²) in [5.41, 5.74) is 4.76. The smallest absolute Gasteiger partial charge is 0.209 e. The van der Waals surface area contributed by atoms with Gasteiger partial charge < -0.3 is 10.1 Å². The van der Waals surface area contributed by atoms with Crippen LogP contribution in [0.3, 0.4) is 0 Å². The molecule has 1 atom stereocenters. The summed E-state index contributed by atoms with van der Waals surface area (Å²) in [5, 5.41) is 3.43. The van der Waals surface area contributed by atoms with Gasteiger partial charge in [0.25, 0.3) is 0 Å². The van der Waals surface area contributed by atoms with Gasteiger partial charge in [-0.2, -0.15) is 0 Å². The molecule has 1 aromatic heterocycles. The molecular formula is C21H19N3O2. The molecule has 0 spiro atoms. The highest BCUT2D eigenvalue weighted by Gasteiger charge is 2.37. The Kier molecular flexibility index (Phi) is 3.35. The van der Waals surface area contributed by atoms with Gasteiger partial charge in [-0.1, -0.05) is 30.3 Å². The van der Waals surface area contributed by atoms with E-state index in [0.29, 0.717) is 6.42 Å². The quantitative estimate of drug-likeness (QED) is 0.761. The van der Waals surface area contributed by atoms with E-state index in [0.717, 1.165) is 52.4 Å². The van der Waals surface area contributed by atoms with E-state index in [-0.39, 0.29) is 11.8 Å². The molecule has 2 aliphatic rings. The second-order valence-electron chi connectivity index (χ2n) is 6.73. The van der Waals surface area contributed by atoms with Crippen LogP contribution in [0.25, 0.3) is 11.0 Å². The number of rotatable bonds is 2. The zero-order valence-corrected chi connectivity index (χ0v) is 14.5. The summed E-state index contributed by atoms with van der Waals surface area (Å²) in [4.78, 5) is 17.7. The Morgan fingerprint density at radius 2 is 1.92 bits per heavy atom. The maximum Gasteiger partial charge on any atom is 0.209 e. The first kappa shape index (κ1) is 15.2. The molecule has 5 rings (SSSR count). The highest BCUT2D eigenvalue weighted by molar-refractivity contribution is 6.00. The van der Waals surface area contributed by atoms with E-state index >= 15 is 0 Å². The van der Waals surface area contributed by atoms with Crippen molar-refractivity contribution in [2.75, 3.05) is 12.4 Å². The highest BCUT2D eigenvalue weighted by atomic mass is 16.5. The van der Waals surface area contributed by atoms with Crippen LogP contribution in [-0.4, -0.2) is 22.4 Å². The summed E-state index contributed by atoms with van der Waals surface area (Å²) in [6.07, 6.45) is 2.34. The average molecular weight is 345 g/mol. The fraction of sp³-hybridized carbons (Fsp3) is 0.238. The molecule has 130 valence electrons. The Bertz CT molecular complexity index is 1060. The Morgan fingerprint density at radius 3 is 2.81 bits per heavy atom. The van der Waals surface area contributed by atoms with Crippen molar-refractivity contribution < 1.29 is 9.53 Å². The van der Waals surface area contributed by atoms with Crippen LogP contribution >= 0.6 is 0 Å². The number of benzene rings is 2. The van der Waals surface area contributed by atoms with E-state index in [9.17, 15) is 4.79 Å². The molecule has 0 saturated carbocycles. The topological polar surface area (TPSA) is 56.1 Å². The van der Waals surface area contributed by atoms with Gasteiger partial charge in [0, 0.05) is 23.3 Å². The minimum absolute atomic E-state index is 0.207. The number of hydrogen-bond acceptors (Lipinski definition) is 4. The fourth-order valence-electron chi connectivity index (χ4n) is 4.16. The second kappa shape index (κ2) is 5.73. The molecule has 5 heteroatoms. The van der Waals surface area contributed by atoms with Gasteiger partial charge in [-0.3, -0.25) is 9.36 Å². The SMILES string of the molecule is COc1ccccc1C1C2=C(CCCC2=O)Nc2nc3ccccc3n21. The molecule has 1 unspecified atom stereocenters. The minimum Gasteiger partial charge on any atom is -0.496 e. The van der Waals surface area contributed by atoms with Crippen molar-refractivity contribution in [3.63, 3.8) is 0 Å². The number of nitrogens with zero attached hydrogens (tertiary/aromatic N) is 2. The van der Waals surface area contributed by atoms with Gasteiger partial charge in [0.05, 0.1) is 24.2 Å². The van der Waals surface area contributed by atoms with Crippen molar-refractivity contribution in [1.29, 1.82) is 0 Å². The van der Waals surface area contributed by atoms with E-state index in [1.807, 2.05) is 42.5 Å². The van der Waals surface area contributed by atoms with Crippen LogP contribution in [-0.2, 0) is 4.79 Å². The third-order valence-electron chi connectivity index (χ3n) is 5.28. The standard InChI is InChI=1S/C21H19N3O2/c1-26-18-12-5-2-7-13(18)20-19-15(9-6-11-17(19)25)23-21-22-14-8-3-4-10-16(14)24(20)21/h2-5,7-8,10,12,20H,6,9,11H2,1H3,(H,22,23). The van der Waals surface area contributed by atoms with Gasteiger partial charge in [0.1, 0.15) is 5.75 Å². The number of carbonyl (C=O) groups is 1. The molecule has 1 aliphatic heterocycles. The Labute approximate surface area is 151 Å². The first-order valence-electron chi connectivity index (χ1n) is 8.91. The van der Waals surface area contributed by atoms with Crippen molar-refractivity contribution in [3.8, 4) is 5.75 Å². The number of imidazole rings is 1. The Balaban J connectivity index is 1.84. The van der Waals surface area contributed by atoms with Crippen LogP contribution in [0.15, 0.2) is 59.8 Å². The van der Waals surface area contributed by atoms with Gasteiger partial charge >= 0.3 is 0 Å². The second-order valence-corrected chi connectivity index (χ2v) is 6.73. The number of methoxy groups -OCH3 is 1. The molecule has 0 fully saturated rings. The molecular weight excluding hydrogens is 326 g/mol. The number of anilines is 1. The summed E-state index contributed by atoms with van der Waals surface area (Å²) < 4.78 is 7.76. The van der Waals surface area contributed by atoms with Crippen molar-refractivity contribution in [2.24, 2.45) is 0 Å². The third-order valence-corrected chi connectivity index (χ3v) is 5.28. The lowest BCUT2D eigenvalue weighted by atomic mass is 9.85. The number of aromatic nitrogens is 2. The maximum absolute atomic E-state index is 12.9. The zero-order chi connectivity index (χ0) is 17.7. The van der Waals surface area contributed by atoms with Crippen molar-refractivity contribution in [2.45, 2.75) is 25.3 Å². The number of carbonyl (C=O) groups excluding carboxylic acids is 1. The summed E-state index contributed by atoms with van der Waals surface area (Å²) >= 11 is 0. The van der Waals surface area contributed by atoms with Crippen LogP contribution in [0.1, 0.15) is 30.9 Å². The molecule has 0 radical (unpaired) electrons. The van der Waals surface area contributed by atoms with Crippen LogP contribution in [0, 0.1) is 0 Å². The lowest BCUT2D eigenvalue weighted by Gasteiger charge is -2.34. The molecule has 3 aromatic rings. The normalized spacial score (nSPS) is 19.1. The number of hydrogen-bond donors (Lipinski definition) is 1. The summed E-state index contributed by atoms with van der Waals surface area (Å²) in [5.74, 6) is 1.78. The molecule has 0 saturated heterocycles. The number of nitrogens with one attached hydrogen (secondary N) is 1. The maximum atomic E-state index is 12.9. The first-order chi connectivity index (χ1) is 12.8. The summed E-state index contributed by atoms with van der Waals surface area (Å²) in [6.45, 7) is 0. The number of Topliss-reactive ketones (excluding diaryl/α,β-unsaturated/α-hetero) is 1. The summed E-state index contributed by atoms with van der Waals surface area (Å²) in [6, 6.07) is 15.8. The highest BCUT2D eigenvalue weighted by Crippen LogP contribution is 2.44. The fourth-order valence-corrected chi connectivity index (χ4v) is 4.16. The van der Waals surface area contributed by atoms with Crippen LogP contribution in [0.5, 0.6) is 5.75 Å². The molecule has 0 amide bonds. The number of ketones is 1. The largest absolute Gasteiger partial charge is 0.496 e. The monoisotopic (exact) mass is 345 g/mol. The van der Waals surface area contributed by atoms with Gasteiger partial charge in [-0.05, 0) is 31.0 Å². The molecule has 1 N–H and O–H groups in total. The Morgan fingerprint density at radius 1 is 1.12 bits per heavy atom. The van der Waals surface area contributed by atoms with Gasteiger partial charge in [-0.15, -0.1) is 0 Å². The molecule has 2 heterocycles. The number of para-hydroxylation sites is 3. The lowest BCUT2D eigenvalue weighted by Crippen LogP contribution is -2.31. The van der Waals surface area contributed by atoms with Crippen LogP contribution < -0.4 is 10.1 Å². The lowest BCUT2D eigenvalue weighted by molar-refractivity contribution is -0.116. The minimum atomic E-state index is -0.224. The molecule has 5 nitrogen and oxygen atoms in total. The van der Waals surface area contributed by atoms with Crippen molar-refractivity contribution >= 4 is 22.8 Å². The van der Waals surface area contributed by atoms with E-state index in [2.05, 4.69) is 16.0 Å². The number of ether oxygens (including phenoxy) is 1. The number of allylic oxidation sites excluding steroid dienone is 2. The zero-order valence-electron chi connectivity index (χ0n) is 14.5. The van der Waals surface area contributed by atoms with E-state index in [1.54, 1.807) is 7.11 Å². The third kappa shape index (κ3) is 2.10. The van der Waals surface area contributed by atoms with E-state index in [4.69, 9.17) is 9.72 Å². The summed E-state index contributed by atoms with van der Waals surface area (Å²) in [7, 11) is 1.67. The molecule has 2 aromatic carbocycles. The van der Waals surface area contributed by atoms with E-state index in [1.165, 1.54) is 0 Å². The first-order valence-corrected chi connectivity index (χ1v) is 8.91. The van der Waals surface area contributed by atoms with Gasteiger partial charge in [0.15, 0.2) is 5.78 Å². The van der Waals surface area contributed by atoms with Crippen LogP contribution in [0.4, 0.5) is 5.95 Å². The van der Waals surface area contributed by atoms with Crippen molar-refractivity contribution in [3.05, 3.63) is 65.4 Å².